The first-order valence-electron chi connectivity index (χ1n) is 6.09. The Bertz CT molecular complexity index is 209. The van der Waals surface area contributed by atoms with Crippen LogP contribution in [0.3, 0.4) is 0 Å². The highest BCUT2D eigenvalue weighted by atomic mass is 16.5. The zero-order chi connectivity index (χ0) is 13.3. The Kier molecular flexibility index (Phi) is 9.03. The van der Waals surface area contributed by atoms with Gasteiger partial charge >= 0.3 is 5.97 Å². The number of ether oxygens (including phenoxy) is 2. The van der Waals surface area contributed by atoms with E-state index in [1.807, 2.05) is 25.8 Å². The first-order valence-corrected chi connectivity index (χ1v) is 6.09. The second-order valence-electron chi connectivity index (χ2n) is 4.34. The van der Waals surface area contributed by atoms with Crippen molar-refractivity contribution in [1.82, 2.24) is 4.90 Å². The second-order valence-corrected chi connectivity index (χ2v) is 4.34. The maximum absolute atomic E-state index is 11.1. The number of nitrogens with zero attached hydrogens (tertiary/aromatic N) is 1. The number of hydrogen-bond acceptors (Lipinski definition) is 5. The van der Waals surface area contributed by atoms with Crippen LogP contribution in [0.15, 0.2) is 0 Å². The molecule has 1 unspecified atom stereocenters. The molecule has 0 aromatic rings. The third-order valence-corrected chi connectivity index (χ3v) is 2.15. The van der Waals surface area contributed by atoms with Crippen LogP contribution in [0.5, 0.6) is 0 Å². The van der Waals surface area contributed by atoms with Crippen LogP contribution in [-0.4, -0.2) is 61.5 Å². The SMILES string of the molecule is CCOC(=O)CC(O)CN(C)CCOC(C)C. The smallest absolute Gasteiger partial charge is 0.308 e. The molecule has 0 aromatic heterocycles. The molecular formula is C12H25NO4. The predicted molar refractivity (Wildman–Crippen MR) is 65.8 cm³/mol. The summed E-state index contributed by atoms with van der Waals surface area (Å²) in [5, 5.41) is 9.64. The van der Waals surface area contributed by atoms with E-state index in [1.165, 1.54) is 0 Å². The fourth-order valence-corrected chi connectivity index (χ4v) is 1.37. The number of carbonyl (C=O) groups is 1. The third kappa shape index (κ3) is 10.2. The Morgan fingerprint density at radius 1 is 1.41 bits per heavy atom. The molecule has 0 saturated carbocycles. The number of likely N-dealkylation sites (N-methyl/N-ethyl adjacent to an activating group) is 1. The summed E-state index contributed by atoms with van der Waals surface area (Å²) in [7, 11) is 1.89. The summed E-state index contributed by atoms with van der Waals surface area (Å²) in [5.74, 6) is -0.355. The Hall–Kier alpha value is -0.650. The van der Waals surface area contributed by atoms with Crippen molar-refractivity contribution in [1.29, 1.82) is 0 Å². The minimum atomic E-state index is -0.682. The van der Waals surface area contributed by atoms with Gasteiger partial charge < -0.3 is 19.5 Å². The van der Waals surface area contributed by atoms with E-state index in [1.54, 1.807) is 6.92 Å². The van der Waals surface area contributed by atoms with Gasteiger partial charge in [0.15, 0.2) is 0 Å². The standard InChI is InChI=1S/C12H25NO4/c1-5-16-12(15)8-11(14)9-13(4)6-7-17-10(2)3/h10-11,14H,5-9H2,1-4H3. The molecular weight excluding hydrogens is 222 g/mol. The molecule has 5 nitrogen and oxygen atoms in total. The number of rotatable bonds is 9. The average Bonchev–Trinajstić information content (AvgIpc) is 2.16. The minimum absolute atomic E-state index is 0.0449. The molecule has 0 aliphatic heterocycles. The minimum Gasteiger partial charge on any atom is -0.466 e. The lowest BCUT2D eigenvalue weighted by molar-refractivity contribution is -0.145. The van der Waals surface area contributed by atoms with E-state index in [4.69, 9.17) is 9.47 Å². The lowest BCUT2D eigenvalue weighted by atomic mass is 10.2. The van der Waals surface area contributed by atoms with Crippen LogP contribution >= 0.6 is 0 Å². The van der Waals surface area contributed by atoms with Gasteiger partial charge in [-0.05, 0) is 27.8 Å². The van der Waals surface area contributed by atoms with Crippen molar-refractivity contribution in [3.05, 3.63) is 0 Å². The Labute approximate surface area is 104 Å². The number of carbonyl (C=O) groups excluding carboxylic acids is 1. The molecule has 0 aromatic carbocycles. The summed E-state index contributed by atoms with van der Waals surface area (Å²) in [5.41, 5.74) is 0. The topological polar surface area (TPSA) is 59.0 Å². The maximum atomic E-state index is 11.1. The van der Waals surface area contributed by atoms with Crippen molar-refractivity contribution in [2.24, 2.45) is 0 Å². The molecule has 0 spiro atoms. The molecule has 0 fully saturated rings. The number of aliphatic hydroxyl groups excluding tert-OH is 1. The molecule has 102 valence electrons. The van der Waals surface area contributed by atoms with Crippen LogP contribution in [0.4, 0.5) is 0 Å². The molecule has 5 heteroatoms. The van der Waals surface area contributed by atoms with Crippen LogP contribution < -0.4 is 0 Å². The number of hydrogen-bond donors (Lipinski definition) is 1. The molecule has 0 heterocycles. The molecule has 0 aliphatic rings. The average molecular weight is 247 g/mol. The largest absolute Gasteiger partial charge is 0.466 e. The molecule has 17 heavy (non-hydrogen) atoms. The van der Waals surface area contributed by atoms with Crippen molar-refractivity contribution in [3.8, 4) is 0 Å². The van der Waals surface area contributed by atoms with Gasteiger partial charge in [0.05, 0.1) is 31.8 Å². The second kappa shape index (κ2) is 9.39. The van der Waals surface area contributed by atoms with Gasteiger partial charge in [0.2, 0.25) is 0 Å². The Balaban J connectivity index is 3.64. The van der Waals surface area contributed by atoms with E-state index in [0.29, 0.717) is 19.8 Å². The number of esters is 1. The molecule has 0 aliphatic carbocycles. The highest BCUT2D eigenvalue weighted by Crippen LogP contribution is 1.98. The van der Waals surface area contributed by atoms with Crippen molar-refractivity contribution in [2.75, 3.05) is 33.4 Å². The summed E-state index contributed by atoms with van der Waals surface area (Å²) >= 11 is 0. The fourth-order valence-electron chi connectivity index (χ4n) is 1.37. The monoisotopic (exact) mass is 247 g/mol. The van der Waals surface area contributed by atoms with Gasteiger partial charge in [0.25, 0.3) is 0 Å². The van der Waals surface area contributed by atoms with Crippen molar-refractivity contribution in [3.63, 3.8) is 0 Å². The third-order valence-electron chi connectivity index (χ3n) is 2.15. The summed E-state index contributed by atoms with van der Waals surface area (Å²) < 4.78 is 10.2. The molecule has 0 bridgehead atoms. The van der Waals surface area contributed by atoms with Gasteiger partial charge in [0.1, 0.15) is 0 Å². The van der Waals surface area contributed by atoms with E-state index in [9.17, 15) is 9.90 Å². The van der Waals surface area contributed by atoms with E-state index in [-0.39, 0.29) is 18.5 Å². The Morgan fingerprint density at radius 2 is 2.06 bits per heavy atom. The molecule has 0 rings (SSSR count). The van der Waals surface area contributed by atoms with Gasteiger partial charge in [-0.2, -0.15) is 0 Å². The van der Waals surface area contributed by atoms with Gasteiger partial charge in [-0.3, -0.25) is 4.79 Å². The Morgan fingerprint density at radius 3 is 2.59 bits per heavy atom. The summed E-state index contributed by atoms with van der Waals surface area (Å²) in [4.78, 5) is 13.0. The molecule has 0 amide bonds. The normalized spacial score (nSPS) is 13.1. The first-order chi connectivity index (χ1) is 7.95. The van der Waals surface area contributed by atoms with Crippen LogP contribution in [0, 0.1) is 0 Å². The highest BCUT2D eigenvalue weighted by molar-refractivity contribution is 5.69. The van der Waals surface area contributed by atoms with E-state index < -0.39 is 6.10 Å². The van der Waals surface area contributed by atoms with Crippen molar-refractivity contribution in [2.45, 2.75) is 39.4 Å². The highest BCUT2D eigenvalue weighted by Gasteiger charge is 2.13. The van der Waals surface area contributed by atoms with Crippen LogP contribution in [0.2, 0.25) is 0 Å². The van der Waals surface area contributed by atoms with E-state index >= 15 is 0 Å². The van der Waals surface area contributed by atoms with Crippen LogP contribution in [-0.2, 0) is 14.3 Å². The van der Waals surface area contributed by atoms with Crippen molar-refractivity contribution < 1.29 is 19.4 Å². The molecule has 0 radical (unpaired) electrons. The lowest BCUT2D eigenvalue weighted by Gasteiger charge is -2.20. The lowest BCUT2D eigenvalue weighted by Crippen LogP contribution is -2.33. The van der Waals surface area contributed by atoms with Gasteiger partial charge in [-0.1, -0.05) is 0 Å². The van der Waals surface area contributed by atoms with Gasteiger partial charge in [-0.25, -0.2) is 0 Å². The van der Waals surface area contributed by atoms with E-state index in [2.05, 4.69) is 0 Å². The quantitative estimate of drug-likeness (QED) is 0.606. The van der Waals surface area contributed by atoms with Crippen molar-refractivity contribution >= 4 is 5.97 Å². The summed E-state index contributed by atoms with van der Waals surface area (Å²) in [6.07, 6.45) is -0.422. The van der Waals surface area contributed by atoms with Crippen LogP contribution in [0.1, 0.15) is 27.2 Å². The van der Waals surface area contributed by atoms with E-state index in [0.717, 1.165) is 6.54 Å². The first kappa shape index (κ1) is 16.4. The van der Waals surface area contributed by atoms with Gasteiger partial charge in [-0.15, -0.1) is 0 Å². The summed E-state index contributed by atoms with van der Waals surface area (Å²) in [6, 6.07) is 0. The fraction of sp³-hybridized carbons (Fsp3) is 0.917. The molecule has 1 atom stereocenters. The zero-order valence-corrected chi connectivity index (χ0v) is 11.3. The van der Waals surface area contributed by atoms with Crippen LogP contribution in [0.25, 0.3) is 0 Å². The predicted octanol–water partition coefficient (Wildman–Crippen LogP) is 0.657. The number of aliphatic hydroxyl groups is 1. The van der Waals surface area contributed by atoms with Gasteiger partial charge in [0, 0.05) is 13.1 Å². The zero-order valence-electron chi connectivity index (χ0n) is 11.3. The molecule has 0 saturated heterocycles. The summed E-state index contributed by atoms with van der Waals surface area (Å²) in [6.45, 7) is 7.87. The molecule has 1 N–H and O–H groups in total. The maximum Gasteiger partial charge on any atom is 0.308 e.